The van der Waals surface area contributed by atoms with Crippen molar-refractivity contribution in [3.05, 3.63) is 0 Å². The van der Waals surface area contributed by atoms with Crippen LogP contribution in [-0.4, -0.2) is 11.7 Å². The normalized spacial score (nSPS) is 16.3. The van der Waals surface area contributed by atoms with Gasteiger partial charge in [0.25, 0.3) is 0 Å². The molecule has 0 spiro atoms. The Morgan fingerprint density at radius 1 is 0.786 bits per heavy atom. The van der Waals surface area contributed by atoms with Crippen molar-refractivity contribution < 1.29 is 5.11 Å². The average molecular weight is 200 g/mol. The third-order valence-electron chi connectivity index (χ3n) is 2.67. The van der Waals surface area contributed by atoms with Gasteiger partial charge in [-0.1, -0.05) is 34.6 Å². The maximum absolute atomic E-state index is 9.26. The van der Waals surface area contributed by atoms with Crippen LogP contribution in [0.25, 0.3) is 0 Å². The van der Waals surface area contributed by atoms with Crippen molar-refractivity contribution in [2.24, 2.45) is 23.7 Å². The summed E-state index contributed by atoms with van der Waals surface area (Å²) in [6.07, 6.45) is 3.64. The zero-order chi connectivity index (χ0) is 11.1. The highest BCUT2D eigenvalue weighted by Gasteiger charge is 2.14. The lowest BCUT2D eigenvalue weighted by Crippen LogP contribution is -2.14. The largest absolute Gasteiger partial charge is 0.396 e. The Labute approximate surface area is 89.9 Å². The predicted molar refractivity (Wildman–Crippen MR) is 63.3 cm³/mol. The fraction of sp³-hybridized carbons (Fsp3) is 1.00. The summed E-state index contributed by atoms with van der Waals surface area (Å²) in [5.41, 5.74) is 0. The van der Waals surface area contributed by atoms with Gasteiger partial charge in [0.2, 0.25) is 0 Å². The minimum absolute atomic E-state index is 0.362. The molecule has 2 unspecified atom stereocenters. The second kappa shape index (κ2) is 7.28. The highest BCUT2D eigenvalue weighted by molar-refractivity contribution is 4.65. The molecule has 14 heavy (non-hydrogen) atoms. The van der Waals surface area contributed by atoms with Crippen molar-refractivity contribution in [1.82, 2.24) is 0 Å². The van der Waals surface area contributed by atoms with Crippen molar-refractivity contribution in [3.63, 3.8) is 0 Å². The topological polar surface area (TPSA) is 20.2 Å². The minimum atomic E-state index is 0.362. The van der Waals surface area contributed by atoms with E-state index in [0.717, 1.165) is 11.8 Å². The van der Waals surface area contributed by atoms with Gasteiger partial charge in [-0.05, 0) is 42.9 Å². The first kappa shape index (κ1) is 14.0. The number of aliphatic hydroxyl groups excluding tert-OH is 1. The molecule has 0 aliphatic heterocycles. The molecular formula is C13H28O. The van der Waals surface area contributed by atoms with E-state index >= 15 is 0 Å². The molecule has 0 rings (SSSR count). The molecule has 1 N–H and O–H groups in total. The lowest BCUT2D eigenvalue weighted by atomic mass is 9.86. The van der Waals surface area contributed by atoms with Crippen LogP contribution in [0.15, 0.2) is 0 Å². The molecule has 0 bridgehead atoms. The van der Waals surface area contributed by atoms with Gasteiger partial charge in [-0.15, -0.1) is 0 Å². The summed E-state index contributed by atoms with van der Waals surface area (Å²) in [6.45, 7) is 11.7. The molecule has 0 fully saturated rings. The van der Waals surface area contributed by atoms with E-state index in [9.17, 15) is 5.11 Å². The first-order valence-electron chi connectivity index (χ1n) is 6.06. The molecule has 0 amide bonds. The smallest absolute Gasteiger partial charge is 0.0459 e. The van der Waals surface area contributed by atoms with Crippen LogP contribution >= 0.6 is 0 Å². The van der Waals surface area contributed by atoms with Crippen LogP contribution in [0.3, 0.4) is 0 Å². The molecule has 2 atom stereocenters. The van der Waals surface area contributed by atoms with Gasteiger partial charge < -0.3 is 5.11 Å². The molecule has 0 aliphatic carbocycles. The number of aliphatic hydroxyl groups is 1. The zero-order valence-corrected chi connectivity index (χ0v) is 10.6. The molecule has 86 valence electrons. The van der Waals surface area contributed by atoms with Gasteiger partial charge in [0.1, 0.15) is 0 Å². The standard InChI is InChI=1S/C13H28O/c1-10(2)6-12(5)8-13(9-14)7-11(3)4/h10-14H,6-9H2,1-5H3. The van der Waals surface area contributed by atoms with Crippen molar-refractivity contribution in [3.8, 4) is 0 Å². The number of hydrogen-bond acceptors (Lipinski definition) is 1. The quantitative estimate of drug-likeness (QED) is 0.664. The summed E-state index contributed by atoms with van der Waals surface area (Å²) in [7, 11) is 0. The Hall–Kier alpha value is -0.0400. The summed E-state index contributed by atoms with van der Waals surface area (Å²) < 4.78 is 0. The Balaban J connectivity index is 3.79. The van der Waals surface area contributed by atoms with E-state index in [-0.39, 0.29) is 0 Å². The minimum Gasteiger partial charge on any atom is -0.396 e. The zero-order valence-electron chi connectivity index (χ0n) is 10.6. The van der Waals surface area contributed by atoms with Crippen molar-refractivity contribution in [2.75, 3.05) is 6.61 Å². The molecule has 0 saturated carbocycles. The molecule has 0 radical (unpaired) electrons. The predicted octanol–water partition coefficient (Wildman–Crippen LogP) is 3.71. The second-order valence-electron chi connectivity index (χ2n) is 5.65. The van der Waals surface area contributed by atoms with Crippen LogP contribution in [0.1, 0.15) is 53.9 Å². The maximum atomic E-state index is 9.26. The average Bonchev–Trinajstić information content (AvgIpc) is 2.00. The number of hydrogen-bond donors (Lipinski definition) is 1. The van der Waals surface area contributed by atoms with Crippen LogP contribution in [-0.2, 0) is 0 Å². The van der Waals surface area contributed by atoms with Gasteiger partial charge in [0.05, 0.1) is 0 Å². The Morgan fingerprint density at radius 3 is 1.64 bits per heavy atom. The maximum Gasteiger partial charge on any atom is 0.0459 e. The molecule has 0 aromatic heterocycles. The highest BCUT2D eigenvalue weighted by Crippen LogP contribution is 2.23. The van der Waals surface area contributed by atoms with Gasteiger partial charge in [-0.2, -0.15) is 0 Å². The van der Waals surface area contributed by atoms with Crippen molar-refractivity contribution >= 4 is 0 Å². The van der Waals surface area contributed by atoms with Crippen LogP contribution in [0, 0.1) is 23.7 Å². The Bertz CT molecular complexity index is 129. The monoisotopic (exact) mass is 200 g/mol. The second-order valence-corrected chi connectivity index (χ2v) is 5.65. The van der Waals surface area contributed by atoms with Crippen molar-refractivity contribution in [1.29, 1.82) is 0 Å². The van der Waals surface area contributed by atoms with Crippen LogP contribution in [0.5, 0.6) is 0 Å². The molecular weight excluding hydrogens is 172 g/mol. The van der Waals surface area contributed by atoms with E-state index in [1.807, 2.05) is 0 Å². The summed E-state index contributed by atoms with van der Waals surface area (Å²) in [4.78, 5) is 0. The number of rotatable bonds is 7. The fourth-order valence-electron chi connectivity index (χ4n) is 2.38. The van der Waals surface area contributed by atoms with E-state index in [4.69, 9.17) is 0 Å². The van der Waals surface area contributed by atoms with Crippen LogP contribution < -0.4 is 0 Å². The van der Waals surface area contributed by atoms with Gasteiger partial charge in [0, 0.05) is 6.61 Å². The third kappa shape index (κ3) is 7.37. The molecule has 1 heteroatoms. The van der Waals surface area contributed by atoms with Gasteiger partial charge >= 0.3 is 0 Å². The van der Waals surface area contributed by atoms with Crippen molar-refractivity contribution in [2.45, 2.75) is 53.9 Å². The Kier molecular flexibility index (Phi) is 7.26. The lowest BCUT2D eigenvalue weighted by Gasteiger charge is -2.21. The molecule has 0 saturated heterocycles. The van der Waals surface area contributed by atoms with Crippen LogP contribution in [0.4, 0.5) is 0 Å². The summed E-state index contributed by atoms with van der Waals surface area (Å²) in [5, 5.41) is 9.26. The van der Waals surface area contributed by atoms with E-state index in [2.05, 4.69) is 34.6 Å². The lowest BCUT2D eigenvalue weighted by molar-refractivity contribution is 0.177. The molecule has 0 aromatic rings. The fourth-order valence-corrected chi connectivity index (χ4v) is 2.38. The summed E-state index contributed by atoms with van der Waals surface area (Å²) in [6, 6.07) is 0. The Morgan fingerprint density at radius 2 is 1.29 bits per heavy atom. The van der Waals surface area contributed by atoms with E-state index < -0.39 is 0 Å². The first-order valence-corrected chi connectivity index (χ1v) is 6.06. The highest BCUT2D eigenvalue weighted by atomic mass is 16.3. The van der Waals surface area contributed by atoms with Gasteiger partial charge in [0.15, 0.2) is 0 Å². The van der Waals surface area contributed by atoms with Crippen LogP contribution in [0.2, 0.25) is 0 Å². The first-order chi connectivity index (χ1) is 6.45. The van der Waals surface area contributed by atoms with Gasteiger partial charge in [-0.25, -0.2) is 0 Å². The van der Waals surface area contributed by atoms with E-state index in [1.165, 1.54) is 19.3 Å². The summed E-state index contributed by atoms with van der Waals surface area (Å²) >= 11 is 0. The SMILES string of the molecule is CC(C)CC(C)CC(CO)CC(C)C. The van der Waals surface area contributed by atoms with E-state index in [1.54, 1.807) is 0 Å². The molecule has 0 heterocycles. The van der Waals surface area contributed by atoms with E-state index in [0.29, 0.717) is 18.4 Å². The molecule has 0 aromatic carbocycles. The molecule has 0 aliphatic rings. The molecule has 1 nitrogen and oxygen atoms in total. The summed E-state index contributed by atoms with van der Waals surface area (Å²) in [5.74, 6) is 2.76. The van der Waals surface area contributed by atoms with Gasteiger partial charge in [-0.3, -0.25) is 0 Å². The third-order valence-corrected chi connectivity index (χ3v) is 2.67.